The lowest BCUT2D eigenvalue weighted by molar-refractivity contribution is -0.112. The van der Waals surface area contributed by atoms with E-state index in [2.05, 4.69) is 10.6 Å². The average molecular weight is 411 g/mol. The Morgan fingerprint density at radius 3 is 2.13 bits per heavy atom. The van der Waals surface area contributed by atoms with Crippen LogP contribution in [0.2, 0.25) is 0 Å². The maximum atomic E-state index is 12.4. The van der Waals surface area contributed by atoms with Crippen LogP contribution in [-0.4, -0.2) is 40.3 Å². The number of methoxy groups -OCH3 is 4. The average Bonchev–Trinajstić information content (AvgIpc) is 2.78. The third kappa shape index (κ3) is 5.20. The van der Waals surface area contributed by atoms with Crippen LogP contribution < -0.4 is 24.8 Å². The third-order valence-electron chi connectivity index (χ3n) is 4.01. The lowest BCUT2D eigenvalue weighted by Gasteiger charge is -2.14. The Bertz CT molecular complexity index is 993. The van der Waals surface area contributed by atoms with Crippen LogP contribution in [0.15, 0.2) is 48.2 Å². The molecule has 0 saturated carbocycles. The van der Waals surface area contributed by atoms with E-state index in [0.29, 0.717) is 22.9 Å². The van der Waals surface area contributed by atoms with Crippen LogP contribution >= 0.6 is 0 Å². The summed E-state index contributed by atoms with van der Waals surface area (Å²) in [4.78, 5) is 24.5. The molecule has 0 aliphatic heterocycles. The zero-order chi connectivity index (χ0) is 22.1. The fourth-order valence-electron chi connectivity index (χ4n) is 2.45. The van der Waals surface area contributed by atoms with Gasteiger partial charge in [-0.1, -0.05) is 0 Å². The Balaban J connectivity index is 2.28. The van der Waals surface area contributed by atoms with E-state index in [4.69, 9.17) is 18.9 Å². The van der Waals surface area contributed by atoms with Gasteiger partial charge < -0.3 is 29.6 Å². The van der Waals surface area contributed by atoms with Crippen molar-refractivity contribution in [2.24, 2.45) is 0 Å². The summed E-state index contributed by atoms with van der Waals surface area (Å²) in [5.74, 6) is 0.0465. The van der Waals surface area contributed by atoms with E-state index in [9.17, 15) is 14.9 Å². The van der Waals surface area contributed by atoms with Crippen molar-refractivity contribution < 1.29 is 28.5 Å². The summed E-state index contributed by atoms with van der Waals surface area (Å²) in [5, 5.41) is 14.8. The van der Waals surface area contributed by atoms with E-state index in [1.807, 2.05) is 6.07 Å². The highest BCUT2D eigenvalue weighted by atomic mass is 16.5. The molecule has 9 nitrogen and oxygen atoms in total. The van der Waals surface area contributed by atoms with Crippen LogP contribution in [-0.2, 0) is 9.53 Å². The number of anilines is 2. The minimum absolute atomic E-state index is 0.138. The summed E-state index contributed by atoms with van der Waals surface area (Å²) >= 11 is 0. The zero-order valence-electron chi connectivity index (χ0n) is 16.9. The number of benzene rings is 2. The second-order valence-electron chi connectivity index (χ2n) is 5.74. The van der Waals surface area contributed by atoms with Gasteiger partial charge in [0.05, 0.1) is 39.7 Å². The van der Waals surface area contributed by atoms with Crippen molar-refractivity contribution in [1.82, 2.24) is 0 Å². The highest BCUT2D eigenvalue weighted by Gasteiger charge is 2.18. The Labute approximate surface area is 173 Å². The molecule has 0 radical (unpaired) electrons. The van der Waals surface area contributed by atoms with Gasteiger partial charge in [-0.05, 0) is 24.3 Å². The van der Waals surface area contributed by atoms with E-state index in [1.54, 1.807) is 24.3 Å². The SMILES string of the molecule is COC(=O)c1cc(OC)c(OC)cc1N/C=C(/C#N)C(=O)Nc1ccc(OC)cc1. The van der Waals surface area contributed by atoms with Crippen LogP contribution in [0.4, 0.5) is 11.4 Å². The predicted octanol–water partition coefficient (Wildman–Crippen LogP) is 2.96. The Kier molecular flexibility index (Phi) is 7.65. The van der Waals surface area contributed by atoms with Crippen molar-refractivity contribution in [2.45, 2.75) is 0 Å². The van der Waals surface area contributed by atoms with Gasteiger partial charge in [-0.2, -0.15) is 5.26 Å². The maximum absolute atomic E-state index is 12.4. The summed E-state index contributed by atoms with van der Waals surface area (Å²) in [7, 11) is 5.65. The summed E-state index contributed by atoms with van der Waals surface area (Å²) in [6.45, 7) is 0. The fraction of sp³-hybridized carbons (Fsp3) is 0.190. The number of carbonyl (C=O) groups excluding carboxylic acids is 2. The van der Waals surface area contributed by atoms with Gasteiger partial charge in [-0.15, -0.1) is 0 Å². The number of hydrogen-bond donors (Lipinski definition) is 2. The number of amides is 1. The summed E-state index contributed by atoms with van der Waals surface area (Å²) in [6.07, 6.45) is 1.19. The Morgan fingerprint density at radius 2 is 1.60 bits per heavy atom. The number of esters is 1. The smallest absolute Gasteiger partial charge is 0.340 e. The molecular weight excluding hydrogens is 390 g/mol. The van der Waals surface area contributed by atoms with E-state index in [0.717, 1.165) is 0 Å². The van der Waals surface area contributed by atoms with Gasteiger partial charge in [0.1, 0.15) is 17.4 Å². The molecule has 1 amide bonds. The predicted molar refractivity (Wildman–Crippen MR) is 110 cm³/mol. The minimum atomic E-state index is -0.631. The van der Waals surface area contributed by atoms with Crippen LogP contribution in [0, 0.1) is 11.3 Å². The molecule has 0 bridgehead atoms. The molecule has 9 heteroatoms. The van der Waals surface area contributed by atoms with Crippen LogP contribution in [0.3, 0.4) is 0 Å². The number of nitriles is 1. The van der Waals surface area contributed by atoms with Gasteiger partial charge in [0.2, 0.25) is 0 Å². The zero-order valence-corrected chi connectivity index (χ0v) is 16.9. The monoisotopic (exact) mass is 411 g/mol. The Hall–Kier alpha value is -4.19. The standard InChI is InChI=1S/C21H21N3O6/c1-27-15-7-5-14(6-8-15)24-20(25)13(11-22)12-23-17-10-19(29-3)18(28-2)9-16(17)21(26)30-4/h5-10,12,23H,1-4H3,(H,24,25)/b13-12-. The molecule has 0 spiro atoms. The van der Waals surface area contributed by atoms with Crippen molar-refractivity contribution in [2.75, 3.05) is 39.1 Å². The molecule has 2 aromatic rings. The number of hydrogen-bond acceptors (Lipinski definition) is 8. The van der Waals surface area contributed by atoms with Gasteiger partial charge in [0.15, 0.2) is 11.5 Å². The number of nitrogens with zero attached hydrogens (tertiary/aromatic N) is 1. The van der Waals surface area contributed by atoms with Crippen molar-refractivity contribution in [1.29, 1.82) is 5.26 Å². The Morgan fingerprint density at radius 1 is 0.967 bits per heavy atom. The minimum Gasteiger partial charge on any atom is -0.497 e. The first-order chi connectivity index (χ1) is 14.5. The molecule has 2 N–H and O–H groups in total. The van der Waals surface area contributed by atoms with E-state index in [1.165, 1.54) is 46.8 Å². The molecule has 2 rings (SSSR count). The molecular formula is C21H21N3O6. The molecule has 2 aromatic carbocycles. The number of ether oxygens (including phenoxy) is 4. The molecule has 0 heterocycles. The summed E-state index contributed by atoms with van der Waals surface area (Å²) in [6, 6.07) is 11.4. The number of carbonyl (C=O) groups is 2. The first-order valence-electron chi connectivity index (χ1n) is 8.63. The van der Waals surface area contributed by atoms with Gasteiger partial charge in [0, 0.05) is 24.0 Å². The van der Waals surface area contributed by atoms with Crippen molar-refractivity contribution >= 4 is 23.3 Å². The molecule has 30 heavy (non-hydrogen) atoms. The second-order valence-corrected chi connectivity index (χ2v) is 5.74. The first-order valence-corrected chi connectivity index (χ1v) is 8.63. The largest absolute Gasteiger partial charge is 0.497 e. The van der Waals surface area contributed by atoms with Crippen molar-refractivity contribution in [3.8, 4) is 23.3 Å². The normalized spacial score (nSPS) is 10.4. The highest BCUT2D eigenvalue weighted by molar-refractivity contribution is 6.07. The lowest BCUT2D eigenvalue weighted by atomic mass is 10.1. The van der Waals surface area contributed by atoms with Crippen molar-refractivity contribution in [3.63, 3.8) is 0 Å². The third-order valence-corrected chi connectivity index (χ3v) is 4.01. The topological polar surface area (TPSA) is 119 Å². The summed E-state index contributed by atoms with van der Waals surface area (Å²) < 4.78 is 20.3. The molecule has 0 aliphatic carbocycles. The van der Waals surface area contributed by atoms with Gasteiger partial charge >= 0.3 is 5.97 Å². The van der Waals surface area contributed by atoms with Crippen LogP contribution in [0.5, 0.6) is 17.2 Å². The molecule has 0 fully saturated rings. The van der Waals surface area contributed by atoms with Crippen LogP contribution in [0.25, 0.3) is 0 Å². The number of nitrogens with one attached hydrogen (secondary N) is 2. The molecule has 0 saturated heterocycles. The molecule has 0 aliphatic rings. The highest BCUT2D eigenvalue weighted by Crippen LogP contribution is 2.33. The second kappa shape index (κ2) is 10.4. The fourth-order valence-corrected chi connectivity index (χ4v) is 2.45. The first kappa shape index (κ1) is 22.1. The summed E-state index contributed by atoms with van der Waals surface area (Å²) in [5.41, 5.74) is 0.684. The lowest BCUT2D eigenvalue weighted by Crippen LogP contribution is -2.15. The van der Waals surface area contributed by atoms with E-state index < -0.39 is 11.9 Å². The molecule has 0 aromatic heterocycles. The van der Waals surface area contributed by atoms with Crippen molar-refractivity contribution in [3.05, 3.63) is 53.7 Å². The molecule has 0 unspecified atom stereocenters. The molecule has 156 valence electrons. The maximum Gasteiger partial charge on any atom is 0.340 e. The number of rotatable bonds is 8. The van der Waals surface area contributed by atoms with Gasteiger partial charge in [-0.3, -0.25) is 4.79 Å². The van der Waals surface area contributed by atoms with Crippen LogP contribution in [0.1, 0.15) is 10.4 Å². The van der Waals surface area contributed by atoms with Gasteiger partial charge in [-0.25, -0.2) is 4.79 Å². The van der Waals surface area contributed by atoms with Gasteiger partial charge in [0.25, 0.3) is 5.91 Å². The molecule has 0 atom stereocenters. The van der Waals surface area contributed by atoms with E-state index in [-0.39, 0.29) is 16.8 Å². The van der Waals surface area contributed by atoms with E-state index >= 15 is 0 Å². The quantitative estimate of drug-likeness (QED) is 0.387.